The van der Waals surface area contributed by atoms with E-state index in [9.17, 15) is 4.79 Å². The zero-order valence-electron chi connectivity index (χ0n) is 11.6. The van der Waals surface area contributed by atoms with Crippen molar-refractivity contribution in [1.82, 2.24) is 5.32 Å². The largest absolute Gasteiger partial charge is 0.356 e. The summed E-state index contributed by atoms with van der Waals surface area (Å²) in [5, 5.41) is 5.52. The Hall–Kier alpha value is -1.48. The van der Waals surface area contributed by atoms with Crippen molar-refractivity contribution in [3.63, 3.8) is 0 Å². The van der Waals surface area contributed by atoms with E-state index < -0.39 is 0 Å². The number of unbranched alkanes of at least 4 members (excludes halogenated alkanes) is 1. The van der Waals surface area contributed by atoms with Crippen LogP contribution in [0.5, 0.6) is 0 Å². The molecule has 0 aromatic heterocycles. The molecule has 2 rings (SSSR count). The third-order valence-corrected chi connectivity index (χ3v) is 3.72. The molecule has 0 aliphatic carbocycles. The van der Waals surface area contributed by atoms with Crippen LogP contribution in [0.3, 0.4) is 0 Å². The van der Waals surface area contributed by atoms with E-state index in [1.807, 2.05) is 0 Å². The first-order chi connectivity index (χ1) is 9.81. The van der Waals surface area contributed by atoms with Gasteiger partial charge >= 0.3 is 0 Å². The van der Waals surface area contributed by atoms with Gasteiger partial charge in [0.1, 0.15) is 0 Å². The highest BCUT2D eigenvalue weighted by molar-refractivity contribution is 7.80. The van der Waals surface area contributed by atoms with Gasteiger partial charge in [0.15, 0.2) is 0 Å². The maximum absolute atomic E-state index is 11.6. The monoisotopic (exact) mass is 287 g/mol. The van der Waals surface area contributed by atoms with Gasteiger partial charge in [0, 0.05) is 13.0 Å². The zero-order valence-corrected chi connectivity index (χ0v) is 12.5. The Morgan fingerprint density at radius 3 is 2.70 bits per heavy atom. The highest BCUT2D eigenvalue weighted by Gasteiger charge is 2.03. The summed E-state index contributed by atoms with van der Waals surface area (Å²) < 4.78 is 0. The molecule has 0 aliphatic heterocycles. The van der Waals surface area contributed by atoms with E-state index in [2.05, 4.69) is 60.4 Å². The van der Waals surface area contributed by atoms with Gasteiger partial charge in [0.2, 0.25) is 5.91 Å². The molecule has 0 spiro atoms. The van der Waals surface area contributed by atoms with Crippen LogP contribution in [0.4, 0.5) is 0 Å². The van der Waals surface area contributed by atoms with Gasteiger partial charge in [-0.05, 0) is 41.4 Å². The van der Waals surface area contributed by atoms with E-state index in [-0.39, 0.29) is 5.91 Å². The Kier molecular flexibility index (Phi) is 5.93. The number of carbonyl (C=O) groups is 1. The van der Waals surface area contributed by atoms with E-state index in [1.54, 1.807) is 0 Å². The highest BCUT2D eigenvalue weighted by atomic mass is 32.1. The van der Waals surface area contributed by atoms with Gasteiger partial charge < -0.3 is 5.32 Å². The van der Waals surface area contributed by atoms with Crippen molar-refractivity contribution < 1.29 is 4.79 Å². The number of carbonyl (C=O) groups excluding carboxylic acids is 1. The Balaban J connectivity index is 1.85. The molecule has 0 heterocycles. The summed E-state index contributed by atoms with van der Waals surface area (Å²) in [7, 11) is 0. The number of benzene rings is 2. The lowest BCUT2D eigenvalue weighted by atomic mass is 10.0. The highest BCUT2D eigenvalue weighted by Crippen LogP contribution is 2.18. The number of rotatable bonds is 7. The van der Waals surface area contributed by atoms with Gasteiger partial charge in [0.25, 0.3) is 0 Å². The SMILES string of the molecule is O=C(CCCCS)NCCc1cccc2ccccc12. The fourth-order valence-electron chi connectivity index (χ4n) is 2.33. The molecule has 1 N–H and O–H groups in total. The minimum atomic E-state index is 0.145. The summed E-state index contributed by atoms with van der Waals surface area (Å²) in [4.78, 5) is 11.6. The lowest BCUT2D eigenvalue weighted by Gasteiger charge is -2.08. The average molecular weight is 287 g/mol. The fourth-order valence-corrected chi connectivity index (χ4v) is 2.56. The first-order valence-electron chi connectivity index (χ1n) is 7.15. The average Bonchev–Trinajstić information content (AvgIpc) is 2.48. The molecule has 0 fully saturated rings. The van der Waals surface area contributed by atoms with Crippen molar-refractivity contribution in [2.45, 2.75) is 25.7 Å². The molecule has 3 heteroatoms. The van der Waals surface area contributed by atoms with Gasteiger partial charge in [0.05, 0.1) is 0 Å². The molecule has 0 bridgehead atoms. The number of hydrogen-bond acceptors (Lipinski definition) is 2. The Morgan fingerprint density at radius 2 is 1.85 bits per heavy atom. The van der Waals surface area contributed by atoms with Gasteiger partial charge in [-0.25, -0.2) is 0 Å². The van der Waals surface area contributed by atoms with Crippen LogP contribution in [0.15, 0.2) is 42.5 Å². The number of nitrogens with one attached hydrogen (secondary N) is 1. The van der Waals surface area contributed by atoms with Crippen LogP contribution in [0.1, 0.15) is 24.8 Å². The van der Waals surface area contributed by atoms with Crippen molar-refractivity contribution in [3.8, 4) is 0 Å². The van der Waals surface area contributed by atoms with E-state index in [0.717, 1.165) is 25.0 Å². The van der Waals surface area contributed by atoms with Gasteiger partial charge in [-0.1, -0.05) is 42.5 Å². The lowest BCUT2D eigenvalue weighted by Crippen LogP contribution is -2.25. The van der Waals surface area contributed by atoms with Crippen LogP contribution >= 0.6 is 12.6 Å². The molecule has 0 atom stereocenters. The molecule has 0 radical (unpaired) electrons. The van der Waals surface area contributed by atoms with Gasteiger partial charge in [-0.2, -0.15) is 12.6 Å². The molecule has 2 aromatic rings. The predicted molar refractivity (Wildman–Crippen MR) is 88.4 cm³/mol. The van der Waals surface area contributed by atoms with E-state index in [0.29, 0.717) is 13.0 Å². The topological polar surface area (TPSA) is 29.1 Å². The smallest absolute Gasteiger partial charge is 0.220 e. The molecular weight excluding hydrogens is 266 g/mol. The second-order valence-corrected chi connectivity index (χ2v) is 5.37. The second-order valence-electron chi connectivity index (χ2n) is 4.92. The number of thiol groups is 1. The van der Waals surface area contributed by atoms with Crippen LogP contribution in [0.2, 0.25) is 0 Å². The van der Waals surface area contributed by atoms with E-state index in [1.165, 1.54) is 16.3 Å². The Morgan fingerprint density at radius 1 is 1.05 bits per heavy atom. The summed E-state index contributed by atoms with van der Waals surface area (Å²) in [6, 6.07) is 14.7. The van der Waals surface area contributed by atoms with Crippen LogP contribution in [-0.4, -0.2) is 18.2 Å². The minimum absolute atomic E-state index is 0.145. The zero-order chi connectivity index (χ0) is 14.2. The predicted octanol–water partition coefficient (Wildman–Crippen LogP) is 3.60. The molecule has 0 saturated heterocycles. The fraction of sp³-hybridized carbons (Fsp3) is 0.353. The Bertz CT molecular complexity index is 562. The molecule has 106 valence electrons. The molecule has 0 unspecified atom stereocenters. The quantitative estimate of drug-likeness (QED) is 0.591. The first kappa shape index (κ1) is 14.9. The maximum Gasteiger partial charge on any atom is 0.220 e. The van der Waals surface area contributed by atoms with E-state index >= 15 is 0 Å². The second kappa shape index (κ2) is 7.95. The van der Waals surface area contributed by atoms with Crippen LogP contribution in [-0.2, 0) is 11.2 Å². The van der Waals surface area contributed by atoms with Gasteiger partial charge in [-0.15, -0.1) is 0 Å². The summed E-state index contributed by atoms with van der Waals surface area (Å²) in [5.41, 5.74) is 1.29. The van der Waals surface area contributed by atoms with Crippen LogP contribution < -0.4 is 5.32 Å². The normalized spacial score (nSPS) is 10.7. The van der Waals surface area contributed by atoms with Crippen LogP contribution in [0.25, 0.3) is 10.8 Å². The van der Waals surface area contributed by atoms with Crippen molar-refractivity contribution in [1.29, 1.82) is 0 Å². The number of amides is 1. The molecule has 2 aromatic carbocycles. The summed E-state index contributed by atoms with van der Waals surface area (Å²) in [6.07, 6.45) is 3.40. The number of fused-ring (bicyclic) bond motifs is 1. The lowest BCUT2D eigenvalue weighted by molar-refractivity contribution is -0.121. The molecule has 0 saturated carbocycles. The first-order valence-corrected chi connectivity index (χ1v) is 7.78. The molecule has 1 amide bonds. The van der Waals surface area contributed by atoms with Crippen molar-refractivity contribution >= 4 is 29.3 Å². The molecular formula is C17H21NOS. The summed E-state index contributed by atoms with van der Waals surface area (Å²) >= 11 is 4.14. The third kappa shape index (κ3) is 4.27. The van der Waals surface area contributed by atoms with Crippen molar-refractivity contribution in [3.05, 3.63) is 48.0 Å². The van der Waals surface area contributed by atoms with Crippen LogP contribution in [0, 0.1) is 0 Å². The maximum atomic E-state index is 11.6. The standard InChI is InChI=1S/C17H21NOS/c19-17(10-3-4-13-20)18-12-11-15-8-5-7-14-6-1-2-9-16(14)15/h1-2,5-9,20H,3-4,10-13H2,(H,18,19). The van der Waals surface area contributed by atoms with Gasteiger partial charge in [-0.3, -0.25) is 4.79 Å². The molecule has 2 nitrogen and oxygen atoms in total. The Labute approximate surface area is 126 Å². The summed E-state index contributed by atoms with van der Waals surface area (Å²) in [6.45, 7) is 0.702. The molecule has 20 heavy (non-hydrogen) atoms. The molecule has 0 aliphatic rings. The number of hydrogen-bond donors (Lipinski definition) is 2. The summed E-state index contributed by atoms with van der Waals surface area (Å²) in [5.74, 6) is 0.996. The van der Waals surface area contributed by atoms with Crippen molar-refractivity contribution in [2.24, 2.45) is 0 Å². The van der Waals surface area contributed by atoms with E-state index in [4.69, 9.17) is 0 Å². The van der Waals surface area contributed by atoms with Crippen molar-refractivity contribution in [2.75, 3.05) is 12.3 Å². The third-order valence-electron chi connectivity index (χ3n) is 3.41. The minimum Gasteiger partial charge on any atom is -0.356 e.